The van der Waals surface area contributed by atoms with Gasteiger partial charge in [0.25, 0.3) is 0 Å². The maximum absolute atomic E-state index is 3.16. The summed E-state index contributed by atoms with van der Waals surface area (Å²) in [6.07, 6.45) is 14.9. The minimum Gasteiger partial charge on any atom is -0.320 e. The summed E-state index contributed by atoms with van der Waals surface area (Å²) >= 11 is 0. The maximum Gasteiger partial charge on any atom is -0.00468 e. The van der Waals surface area contributed by atoms with Crippen molar-refractivity contribution in [2.24, 2.45) is 17.3 Å². The first kappa shape index (κ1) is 17.0. The van der Waals surface area contributed by atoms with Crippen LogP contribution in [-0.4, -0.2) is 13.6 Å². The molecule has 0 aromatic heterocycles. The molecule has 0 aromatic rings. The molecule has 2 saturated carbocycles. The van der Waals surface area contributed by atoms with E-state index in [1.54, 1.807) is 38.5 Å². The maximum atomic E-state index is 3.16. The largest absolute Gasteiger partial charge is 0.320 e. The van der Waals surface area contributed by atoms with Gasteiger partial charge in [0.2, 0.25) is 0 Å². The fourth-order valence-electron chi connectivity index (χ4n) is 2.67. The van der Waals surface area contributed by atoms with Crippen LogP contribution < -0.4 is 5.32 Å². The van der Waals surface area contributed by atoms with Crippen molar-refractivity contribution in [3.8, 4) is 0 Å². The van der Waals surface area contributed by atoms with Gasteiger partial charge in [0.1, 0.15) is 0 Å². The SMILES string of the molecule is C1CC(CCC2CCC2)C1.CCC(C)(C)CCNC. The zero-order valence-electron chi connectivity index (χ0n) is 13.9. The third-order valence-corrected chi connectivity index (χ3v) is 5.44. The molecule has 0 saturated heterocycles. The smallest absolute Gasteiger partial charge is 0.00468 e. The Bertz CT molecular complexity index is 200. The van der Waals surface area contributed by atoms with Crippen LogP contribution in [0.4, 0.5) is 0 Å². The van der Waals surface area contributed by atoms with Gasteiger partial charge in [0.15, 0.2) is 0 Å². The van der Waals surface area contributed by atoms with Crippen LogP contribution in [0.1, 0.15) is 85.0 Å². The molecule has 2 aliphatic carbocycles. The normalized spacial score (nSPS) is 20.2. The third-order valence-electron chi connectivity index (χ3n) is 5.44. The highest BCUT2D eigenvalue weighted by Crippen LogP contribution is 2.36. The lowest BCUT2D eigenvalue weighted by Gasteiger charge is -2.30. The Morgan fingerprint density at radius 2 is 1.42 bits per heavy atom. The topological polar surface area (TPSA) is 12.0 Å². The molecule has 2 aliphatic rings. The van der Waals surface area contributed by atoms with E-state index in [0.29, 0.717) is 5.41 Å². The minimum atomic E-state index is 0.531. The van der Waals surface area contributed by atoms with Crippen molar-refractivity contribution in [2.75, 3.05) is 13.6 Å². The van der Waals surface area contributed by atoms with Gasteiger partial charge in [-0.1, -0.05) is 78.6 Å². The summed E-state index contributed by atoms with van der Waals surface area (Å²) < 4.78 is 0. The predicted molar refractivity (Wildman–Crippen MR) is 86.5 cm³/mol. The first-order valence-electron chi connectivity index (χ1n) is 8.72. The van der Waals surface area contributed by atoms with Gasteiger partial charge in [-0.2, -0.15) is 0 Å². The van der Waals surface area contributed by atoms with Crippen LogP contribution in [-0.2, 0) is 0 Å². The van der Waals surface area contributed by atoms with Crippen LogP contribution in [0.25, 0.3) is 0 Å². The van der Waals surface area contributed by atoms with E-state index in [9.17, 15) is 0 Å². The average molecular weight is 268 g/mol. The Hall–Kier alpha value is -0.0400. The Morgan fingerprint density at radius 1 is 0.947 bits per heavy atom. The lowest BCUT2D eigenvalue weighted by atomic mass is 9.76. The Morgan fingerprint density at radius 3 is 1.68 bits per heavy atom. The second-order valence-corrected chi connectivity index (χ2v) is 7.54. The summed E-state index contributed by atoms with van der Waals surface area (Å²) in [5.41, 5.74) is 0.531. The number of rotatable bonds is 7. The molecule has 0 bridgehead atoms. The zero-order chi connectivity index (χ0) is 14.1. The Balaban J connectivity index is 0.000000192. The van der Waals surface area contributed by atoms with Gasteiger partial charge in [-0.25, -0.2) is 0 Å². The predicted octanol–water partition coefficient (Wildman–Crippen LogP) is 5.40. The van der Waals surface area contributed by atoms with Gasteiger partial charge in [0, 0.05) is 0 Å². The van der Waals surface area contributed by atoms with Crippen LogP contribution in [0.2, 0.25) is 0 Å². The molecule has 0 radical (unpaired) electrons. The molecule has 1 N–H and O–H groups in total. The van der Waals surface area contributed by atoms with Crippen LogP contribution in [0, 0.1) is 17.3 Å². The summed E-state index contributed by atoms with van der Waals surface area (Å²) in [7, 11) is 2.01. The molecule has 0 unspecified atom stereocenters. The van der Waals surface area contributed by atoms with E-state index in [4.69, 9.17) is 0 Å². The molecule has 2 fully saturated rings. The highest BCUT2D eigenvalue weighted by molar-refractivity contribution is 4.74. The quantitative estimate of drug-likeness (QED) is 0.651. The van der Waals surface area contributed by atoms with Gasteiger partial charge in [-0.3, -0.25) is 0 Å². The monoisotopic (exact) mass is 267 g/mol. The summed E-state index contributed by atoms with van der Waals surface area (Å²) in [5.74, 6) is 2.31. The average Bonchev–Trinajstić information content (AvgIpc) is 2.28. The van der Waals surface area contributed by atoms with Crippen LogP contribution in [0.5, 0.6) is 0 Å². The van der Waals surface area contributed by atoms with Crippen LogP contribution in [0.3, 0.4) is 0 Å². The molecule has 1 heteroatoms. The Kier molecular flexibility index (Phi) is 8.06. The zero-order valence-corrected chi connectivity index (χ0v) is 13.9. The van der Waals surface area contributed by atoms with E-state index >= 15 is 0 Å². The molecule has 2 rings (SSSR count). The van der Waals surface area contributed by atoms with Crippen LogP contribution >= 0.6 is 0 Å². The van der Waals surface area contributed by atoms with Crippen molar-refractivity contribution < 1.29 is 0 Å². The molecule has 114 valence electrons. The summed E-state index contributed by atoms with van der Waals surface area (Å²) in [5, 5.41) is 3.16. The van der Waals surface area contributed by atoms with Gasteiger partial charge in [-0.15, -0.1) is 0 Å². The van der Waals surface area contributed by atoms with Crippen molar-refractivity contribution in [1.29, 1.82) is 0 Å². The summed E-state index contributed by atoms with van der Waals surface area (Å²) in [6.45, 7) is 8.01. The van der Waals surface area contributed by atoms with Gasteiger partial charge < -0.3 is 5.32 Å². The van der Waals surface area contributed by atoms with Crippen molar-refractivity contribution in [3.05, 3.63) is 0 Å². The number of nitrogens with one attached hydrogen (secondary N) is 1. The van der Waals surface area contributed by atoms with Gasteiger partial charge >= 0.3 is 0 Å². The van der Waals surface area contributed by atoms with Crippen LogP contribution in [0.15, 0.2) is 0 Å². The molecule has 1 nitrogen and oxygen atoms in total. The molecule has 0 heterocycles. The fourth-order valence-corrected chi connectivity index (χ4v) is 2.67. The standard InChI is InChI=1S/C10H18.C8H19N/c1-3-9(4-1)7-8-10-5-2-6-10;1-5-8(2,3)6-7-9-4/h9-10H,1-8H2;9H,5-7H2,1-4H3. The number of hydrogen-bond donors (Lipinski definition) is 1. The molecule has 0 aromatic carbocycles. The van der Waals surface area contributed by atoms with Gasteiger partial charge in [0.05, 0.1) is 0 Å². The lowest BCUT2D eigenvalue weighted by Crippen LogP contribution is -2.18. The highest BCUT2D eigenvalue weighted by Gasteiger charge is 2.22. The highest BCUT2D eigenvalue weighted by atomic mass is 14.8. The van der Waals surface area contributed by atoms with E-state index in [-0.39, 0.29) is 0 Å². The molecule has 0 atom stereocenters. The van der Waals surface area contributed by atoms with Crippen molar-refractivity contribution in [3.63, 3.8) is 0 Å². The third kappa shape index (κ3) is 7.34. The first-order valence-corrected chi connectivity index (χ1v) is 8.72. The molecular formula is C18H37N. The van der Waals surface area contributed by atoms with E-state index in [0.717, 1.165) is 18.4 Å². The summed E-state index contributed by atoms with van der Waals surface area (Å²) in [6, 6.07) is 0. The van der Waals surface area contributed by atoms with Crippen molar-refractivity contribution in [2.45, 2.75) is 85.0 Å². The molecule has 0 aliphatic heterocycles. The van der Waals surface area contributed by atoms with E-state index in [1.165, 1.54) is 25.7 Å². The Labute approximate surface area is 121 Å². The number of hydrogen-bond acceptors (Lipinski definition) is 1. The van der Waals surface area contributed by atoms with Crippen molar-refractivity contribution in [1.82, 2.24) is 5.32 Å². The second kappa shape index (κ2) is 9.00. The molecule has 0 amide bonds. The van der Waals surface area contributed by atoms with Gasteiger partial charge in [-0.05, 0) is 37.3 Å². The lowest BCUT2D eigenvalue weighted by molar-refractivity contribution is 0.225. The molecule has 0 spiro atoms. The minimum absolute atomic E-state index is 0.531. The van der Waals surface area contributed by atoms with Crippen molar-refractivity contribution >= 4 is 0 Å². The summed E-state index contributed by atoms with van der Waals surface area (Å²) in [4.78, 5) is 0. The van der Waals surface area contributed by atoms with E-state index < -0.39 is 0 Å². The first-order chi connectivity index (χ1) is 9.07. The van der Waals surface area contributed by atoms with E-state index in [2.05, 4.69) is 26.1 Å². The molecular weight excluding hydrogens is 230 g/mol. The molecule has 19 heavy (non-hydrogen) atoms. The second-order valence-electron chi connectivity index (χ2n) is 7.54. The van der Waals surface area contributed by atoms with E-state index in [1.807, 2.05) is 7.05 Å². The fraction of sp³-hybridized carbons (Fsp3) is 1.00.